The fourth-order valence-corrected chi connectivity index (χ4v) is 2.47. The summed E-state index contributed by atoms with van der Waals surface area (Å²) in [7, 11) is 0. The predicted octanol–water partition coefficient (Wildman–Crippen LogP) is 1.93. The van der Waals surface area contributed by atoms with Crippen LogP contribution in [0.1, 0.15) is 32.8 Å². The molecular formula is C17H26N4O3. The van der Waals surface area contributed by atoms with Crippen LogP contribution in [0.25, 0.3) is 0 Å². The maximum atomic E-state index is 12.0. The number of hydrogen-bond donors (Lipinski definition) is 2. The Morgan fingerprint density at radius 1 is 1.42 bits per heavy atom. The molecular weight excluding hydrogens is 308 g/mol. The molecule has 0 aliphatic carbocycles. The number of pyridine rings is 1. The molecule has 7 nitrogen and oxygen atoms in total. The van der Waals surface area contributed by atoms with Crippen LogP contribution >= 0.6 is 0 Å². The highest BCUT2D eigenvalue weighted by Crippen LogP contribution is 2.15. The fraction of sp³-hybridized carbons (Fsp3) is 0.588. The van der Waals surface area contributed by atoms with Crippen LogP contribution in [0.5, 0.6) is 0 Å². The fourth-order valence-electron chi connectivity index (χ4n) is 2.47. The van der Waals surface area contributed by atoms with Gasteiger partial charge in [-0.1, -0.05) is 6.07 Å². The summed E-state index contributed by atoms with van der Waals surface area (Å²) in [5, 5.41) is 5.73. The van der Waals surface area contributed by atoms with Crippen molar-refractivity contribution in [3.05, 3.63) is 30.1 Å². The van der Waals surface area contributed by atoms with Crippen molar-refractivity contribution in [2.45, 2.75) is 45.3 Å². The number of likely N-dealkylation sites (tertiary alicyclic amines) is 1. The number of hydrogen-bond acceptors (Lipinski definition) is 4. The number of nitrogens with one attached hydrogen (secondary N) is 2. The maximum absolute atomic E-state index is 12.0. The molecule has 24 heavy (non-hydrogen) atoms. The van der Waals surface area contributed by atoms with Crippen molar-refractivity contribution in [1.29, 1.82) is 0 Å². The first kappa shape index (κ1) is 18.0. The third-order valence-corrected chi connectivity index (χ3v) is 3.60. The molecule has 3 amide bonds. The van der Waals surface area contributed by atoms with Crippen LogP contribution in [0.4, 0.5) is 9.59 Å². The van der Waals surface area contributed by atoms with Gasteiger partial charge in [0.2, 0.25) is 0 Å². The number of carbonyl (C=O) groups excluding carboxylic acids is 2. The minimum atomic E-state index is -0.508. The van der Waals surface area contributed by atoms with E-state index < -0.39 is 5.60 Å². The van der Waals surface area contributed by atoms with Crippen LogP contribution in [0, 0.1) is 0 Å². The highest BCUT2D eigenvalue weighted by Gasteiger charge is 2.30. The van der Waals surface area contributed by atoms with Crippen molar-refractivity contribution in [1.82, 2.24) is 20.5 Å². The summed E-state index contributed by atoms with van der Waals surface area (Å²) in [6.45, 7) is 7.13. The van der Waals surface area contributed by atoms with Gasteiger partial charge in [0.25, 0.3) is 0 Å². The Morgan fingerprint density at radius 2 is 2.21 bits per heavy atom. The standard InChI is InChI=1S/C17H26N4O3/c1-17(2,3)24-16(23)21-10-7-14(12-21)20-15(22)19-9-6-13-5-4-8-18-11-13/h4-5,8,11,14H,6-7,9-10,12H2,1-3H3,(H2,19,20,22)/t14-/m1/s1. The van der Waals surface area contributed by atoms with Crippen molar-refractivity contribution in [3.8, 4) is 0 Å². The van der Waals surface area contributed by atoms with Gasteiger partial charge in [-0.05, 0) is 45.2 Å². The van der Waals surface area contributed by atoms with Gasteiger partial charge in [-0.25, -0.2) is 9.59 Å². The molecule has 1 aromatic heterocycles. The molecule has 1 aliphatic rings. The molecule has 2 N–H and O–H groups in total. The molecule has 0 bridgehead atoms. The minimum absolute atomic E-state index is 0.0455. The number of urea groups is 1. The first-order valence-electron chi connectivity index (χ1n) is 8.25. The van der Waals surface area contributed by atoms with E-state index in [1.54, 1.807) is 17.3 Å². The summed E-state index contributed by atoms with van der Waals surface area (Å²) >= 11 is 0. The van der Waals surface area contributed by atoms with Crippen molar-refractivity contribution >= 4 is 12.1 Å². The van der Waals surface area contributed by atoms with Gasteiger partial charge in [0.15, 0.2) is 0 Å². The van der Waals surface area contributed by atoms with E-state index in [1.165, 1.54) is 0 Å². The van der Waals surface area contributed by atoms with E-state index in [4.69, 9.17) is 4.74 Å². The highest BCUT2D eigenvalue weighted by molar-refractivity contribution is 5.74. The van der Waals surface area contributed by atoms with Crippen LogP contribution in [0.15, 0.2) is 24.5 Å². The Balaban J connectivity index is 1.67. The second-order valence-corrected chi connectivity index (χ2v) is 6.92. The number of carbonyl (C=O) groups is 2. The Hall–Kier alpha value is -2.31. The molecule has 0 radical (unpaired) electrons. The predicted molar refractivity (Wildman–Crippen MR) is 90.7 cm³/mol. The van der Waals surface area contributed by atoms with Gasteiger partial charge in [-0.2, -0.15) is 0 Å². The van der Waals surface area contributed by atoms with E-state index in [9.17, 15) is 9.59 Å². The SMILES string of the molecule is CC(C)(C)OC(=O)N1CC[C@@H](NC(=O)NCCc2cccnc2)C1. The number of rotatable bonds is 4. The Bertz CT molecular complexity index is 557. The summed E-state index contributed by atoms with van der Waals surface area (Å²) < 4.78 is 5.34. The van der Waals surface area contributed by atoms with Crippen LogP contribution in [-0.2, 0) is 11.2 Å². The maximum Gasteiger partial charge on any atom is 0.410 e. The lowest BCUT2D eigenvalue weighted by Crippen LogP contribution is -2.44. The van der Waals surface area contributed by atoms with Gasteiger partial charge in [0, 0.05) is 38.1 Å². The molecule has 1 fully saturated rings. The summed E-state index contributed by atoms with van der Waals surface area (Å²) in [6, 6.07) is 3.59. The van der Waals surface area contributed by atoms with Crippen LogP contribution in [0.2, 0.25) is 0 Å². The monoisotopic (exact) mass is 334 g/mol. The van der Waals surface area contributed by atoms with Crippen LogP contribution in [-0.4, -0.2) is 53.3 Å². The molecule has 0 spiro atoms. The number of amides is 3. The topological polar surface area (TPSA) is 83.6 Å². The van der Waals surface area contributed by atoms with Gasteiger partial charge in [-0.15, -0.1) is 0 Å². The molecule has 7 heteroatoms. The van der Waals surface area contributed by atoms with Gasteiger partial charge in [-0.3, -0.25) is 4.98 Å². The average molecular weight is 334 g/mol. The summed E-state index contributed by atoms with van der Waals surface area (Å²) in [5.74, 6) is 0. The molecule has 2 heterocycles. The summed E-state index contributed by atoms with van der Waals surface area (Å²) in [4.78, 5) is 29.6. The molecule has 1 aromatic rings. The zero-order valence-electron chi connectivity index (χ0n) is 14.5. The van der Waals surface area contributed by atoms with E-state index in [0.29, 0.717) is 19.6 Å². The third kappa shape index (κ3) is 6.06. The van der Waals surface area contributed by atoms with Crippen LogP contribution < -0.4 is 10.6 Å². The lowest BCUT2D eigenvalue weighted by atomic mass is 10.2. The molecule has 1 saturated heterocycles. The van der Waals surface area contributed by atoms with Crippen molar-refractivity contribution in [2.75, 3.05) is 19.6 Å². The Labute approximate surface area is 142 Å². The number of ether oxygens (including phenoxy) is 1. The summed E-state index contributed by atoms with van der Waals surface area (Å²) in [6.07, 6.45) is 4.64. The smallest absolute Gasteiger partial charge is 0.410 e. The lowest BCUT2D eigenvalue weighted by molar-refractivity contribution is 0.0291. The Morgan fingerprint density at radius 3 is 2.88 bits per heavy atom. The zero-order chi connectivity index (χ0) is 17.6. The number of aromatic nitrogens is 1. The zero-order valence-corrected chi connectivity index (χ0v) is 14.5. The first-order chi connectivity index (χ1) is 11.3. The van der Waals surface area contributed by atoms with E-state index in [1.807, 2.05) is 32.9 Å². The highest BCUT2D eigenvalue weighted by atomic mass is 16.6. The molecule has 0 aromatic carbocycles. The Kier molecular flexibility index (Phi) is 6.00. The van der Waals surface area contributed by atoms with Gasteiger partial charge >= 0.3 is 12.1 Å². The molecule has 2 rings (SSSR count). The van der Waals surface area contributed by atoms with Crippen LogP contribution in [0.3, 0.4) is 0 Å². The van der Waals surface area contributed by atoms with Gasteiger partial charge < -0.3 is 20.3 Å². The lowest BCUT2D eigenvalue weighted by Gasteiger charge is -2.24. The molecule has 1 atom stereocenters. The molecule has 132 valence electrons. The number of nitrogens with zero attached hydrogens (tertiary/aromatic N) is 2. The average Bonchev–Trinajstić information content (AvgIpc) is 2.95. The first-order valence-corrected chi connectivity index (χ1v) is 8.25. The van der Waals surface area contributed by atoms with Crippen molar-refractivity contribution in [3.63, 3.8) is 0 Å². The third-order valence-electron chi connectivity index (χ3n) is 3.60. The minimum Gasteiger partial charge on any atom is -0.444 e. The van der Waals surface area contributed by atoms with Crippen molar-refractivity contribution < 1.29 is 14.3 Å². The van der Waals surface area contributed by atoms with Crippen molar-refractivity contribution in [2.24, 2.45) is 0 Å². The van der Waals surface area contributed by atoms with Gasteiger partial charge in [0.05, 0.1) is 0 Å². The molecule has 0 unspecified atom stereocenters. The van der Waals surface area contributed by atoms with E-state index in [0.717, 1.165) is 18.4 Å². The van der Waals surface area contributed by atoms with E-state index in [2.05, 4.69) is 15.6 Å². The largest absolute Gasteiger partial charge is 0.444 e. The quantitative estimate of drug-likeness (QED) is 0.881. The normalized spacial score (nSPS) is 17.5. The molecule has 0 saturated carbocycles. The second kappa shape index (κ2) is 7.99. The van der Waals surface area contributed by atoms with E-state index in [-0.39, 0.29) is 18.2 Å². The molecule has 1 aliphatic heterocycles. The van der Waals surface area contributed by atoms with E-state index >= 15 is 0 Å². The second-order valence-electron chi connectivity index (χ2n) is 6.92. The van der Waals surface area contributed by atoms with Gasteiger partial charge in [0.1, 0.15) is 5.60 Å². The summed E-state index contributed by atoms with van der Waals surface area (Å²) in [5.41, 5.74) is 0.571.